The van der Waals surface area contributed by atoms with Crippen LogP contribution in [-0.2, 0) is 17.6 Å². The lowest BCUT2D eigenvalue weighted by atomic mass is 9.90. The van der Waals surface area contributed by atoms with E-state index in [1.807, 2.05) is 12.1 Å². The van der Waals surface area contributed by atoms with Crippen molar-refractivity contribution in [2.45, 2.75) is 31.6 Å². The van der Waals surface area contributed by atoms with Crippen LogP contribution in [0.15, 0.2) is 18.2 Å². The molecule has 112 valence electrons. The Labute approximate surface area is 124 Å². The molecule has 0 spiro atoms. The molecule has 0 aliphatic heterocycles. The normalized spacial score (nSPS) is 15.2. The van der Waals surface area contributed by atoms with E-state index in [-0.39, 0.29) is 18.4 Å². The molecule has 2 aromatic rings. The van der Waals surface area contributed by atoms with Gasteiger partial charge < -0.3 is 15.0 Å². The van der Waals surface area contributed by atoms with Crippen LogP contribution < -0.4 is 0 Å². The third-order valence-electron chi connectivity index (χ3n) is 4.43. The van der Waals surface area contributed by atoms with Crippen molar-refractivity contribution in [3.8, 4) is 0 Å². The molecule has 0 saturated heterocycles. The maximum Gasteiger partial charge on any atom is 0.229 e. The lowest BCUT2D eigenvalue weighted by molar-refractivity contribution is -0.130. The van der Waals surface area contributed by atoms with Crippen molar-refractivity contribution in [2.24, 2.45) is 0 Å². The SMILES string of the molecule is CN(C)C(=O)C(CCO)c1cccc2[nH]c3c(c12)CCC3. The van der Waals surface area contributed by atoms with Crippen molar-refractivity contribution < 1.29 is 9.90 Å². The Morgan fingerprint density at radius 3 is 2.90 bits per heavy atom. The van der Waals surface area contributed by atoms with Gasteiger partial charge in [0, 0.05) is 37.3 Å². The number of carbonyl (C=O) groups is 1. The van der Waals surface area contributed by atoms with Gasteiger partial charge in [-0.05, 0) is 42.9 Å². The number of benzene rings is 1. The highest BCUT2D eigenvalue weighted by atomic mass is 16.3. The van der Waals surface area contributed by atoms with Crippen LogP contribution in [0.4, 0.5) is 0 Å². The van der Waals surface area contributed by atoms with E-state index in [0.717, 1.165) is 23.9 Å². The molecule has 1 atom stereocenters. The average molecular weight is 286 g/mol. The highest BCUT2D eigenvalue weighted by Crippen LogP contribution is 2.36. The molecule has 21 heavy (non-hydrogen) atoms. The number of hydrogen-bond donors (Lipinski definition) is 2. The zero-order valence-electron chi connectivity index (χ0n) is 12.6. The second kappa shape index (κ2) is 5.53. The molecule has 2 N–H and O–H groups in total. The summed E-state index contributed by atoms with van der Waals surface area (Å²) in [7, 11) is 3.54. The summed E-state index contributed by atoms with van der Waals surface area (Å²) in [5.41, 5.74) is 4.86. The number of H-pyrrole nitrogens is 1. The summed E-state index contributed by atoms with van der Waals surface area (Å²) in [6, 6.07) is 6.11. The van der Waals surface area contributed by atoms with Gasteiger partial charge in [0.25, 0.3) is 0 Å². The van der Waals surface area contributed by atoms with Gasteiger partial charge in [-0.25, -0.2) is 0 Å². The fourth-order valence-electron chi connectivity index (χ4n) is 3.47. The smallest absolute Gasteiger partial charge is 0.229 e. The molecular formula is C17H22N2O2. The minimum atomic E-state index is -0.269. The maximum absolute atomic E-state index is 12.5. The summed E-state index contributed by atoms with van der Waals surface area (Å²) in [6.07, 6.45) is 3.82. The van der Waals surface area contributed by atoms with E-state index >= 15 is 0 Å². The number of hydrogen-bond acceptors (Lipinski definition) is 2. The van der Waals surface area contributed by atoms with Crippen LogP contribution in [0.2, 0.25) is 0 Å². The largest absolute Gasteiger partial charge is 0.396 e. The Hall–Kier alpha value is -1.81. The Kier molecular flexibility index (Phi) is 3.72. The van der Waals surface area contributed by atoms with Crippen molar-refractivity contribution in [1.82, 2.24) is 9.88 Å². The van der Waals surface area contributed by atoms with E-state index < -0.39 is 0 Å². The number of aliphatic hydroxyl groups excluding tert-OH is 1. The first-order valence-corrected chi connectivity index (χ1v) is 7.58. The molecule has 1 amide bonds. The number of nitrogens with zero attached hydrogens (tertiary/aromatic N) is 1. The van der Waals surface area contributed by atoms with Crippen LogP contribution >= 0.6 is 0 Å². The number of rotatable bonds is 4. The summed E-state index contributed by atoms with van der Waals surface area (Å²) in [5.74, 6) is -0.210. The van der Waals surface area contributed by atoms with E-state index in [0.29, 0.717) is 6.42 Å². The highest BCUT2D eigenvalue weighted by Gasteiger charge is 2.27. The molecule has 1 aromatic heterocycles. The van der Waals surface area contributed by atoms with Crippen molar-refractivity contribution in [1.29, 1.82) is 0 Å². The van der Waals surface area contributed by atoms with Crippen LogP contribution in [0.25, 0.3) is 10.9 Å². The van der Waals surface area contributed by atoms with Crippen LogP contribution in [0.1, 0.15) is 35.6 Å². The van der Waals surface area contributed by atoms with Crippen molar-refractivity contribution in [2.75, 3.05) is 20.7 Å². The number of amides is 1. The molecule has 4 nitrogen and oxygen atoms in total. The number of aryl methyl sites for hydroxylation is 2. The van der Waals surface area contributed by atoms with Gasteiger partial charge in [-0.15, -0.1) is 0 Å². The first-order valence-electron chi connectivity index (χ1n) is 7.58. The van der Waals surface area contributed by atoms with Gasteiger partial charge in [0.05, 0.1) is 5.92 Å². The van der Waals surface area contributed by atoms with Gasteiger partial charge in [0.15, 0.2) is 0 Å². The third-order valence-corrected chi connectivity index (χ3v) is 4.43. The second-order valence-corrected chi connectivity index (χ2v) is 6.00. The van der Waals surface area contributed by atoms with Gasteiger partial charge in [-0.3, -0.25) is 4.79 Å². The molecule has 0 saturated carbocycles. The topological polar surface area (TPSA) is 56.3 Å². The Morgan fingerprint density at radius 2 is 2.19 bits per heavy atom. The summed E-state index contributed by atoms with van der Waals surface area (Å²) in [4.78, 5) is 17.6. The molecule has 3 rings (SSSR count). The monoisotopic (exact) mass is 286 g/mol. The predicted molar refractivity (Wildman–Crippen MR) is 83.5 cm³/mol. The minimum absolute atomic E-state index is 0.0211. The zero-order chi connectivity index (χ0) is 15.0. The second-order valence-electron chi connectivity index (χ2n) is 6.00. The molecular weight excluding hydrogens is 264 g/mol. The fourth-order valence-corrected chi connectivity index (χ4v) is 3.47. The Balaban J connectivity index is 2.15. The number of aromatic amines is 1. The van der Waals surface area contributed by atoms with Crippen LogP contribution in [0.3, 0.4) is 0 Å². The molecule has 0 radical (unpaired) electrons. The molecule has 1 heterocycles. The first-order chi connectivity index (χ1) is 10.1. The van der Waals surface area contributed by atoms with Gasteiger partial charge in [-0.2, -0.15) is 0 Å². The number of fused-ring (bicyclic) bond motifs is 3. The number of likely N-dealkylation sites (N-methyl/N-ethyl adjacent to an activating group) is 1. The summed E-state index contributed by atoms with van der Waals surface area (Å²) in [5, 5.41) is 10.6. The minimum Gasteiger partial charge on any atom is -0.396 e. The van der Waals surface area contributed by atoms with E-state index in [1.165, 1.54) is 23.1 Å². The van der Waals surface area contributed by atoms with E-state index in [1.54, 1.807) is 19.0 Å². The number of nitrogens with one attached hydrogen (secondary N) is 1. The molecule has 1 aliphatic rings. The van der Waals surface area contributed by atoms with E-state index in [9.17, 15) is 9.90 Å². The van der Waals surface area contributed by atoms with Crippen LogP contribution in [-0.4, -0.2) is 41.6 Å². The molecule has 4 heteroatoms. The average Bonchev–Trinajstić information content (AvgIpc) is 3.03. The van der Waals surface area contributed by atoms with Gasteiger partial charge in [0.2, 0.25) is 5.91 Å². The van der Waals surface area contributed by atoms with Crippen LogP contribution in [0, 0.1) is 0 Å². The summed E-state index contributed by atoms with van der Waals surface area (Å²) in [6.45, 7) is 0.0211. The van der Waals surface area contributed by atoms with Gasteiger partial charge in [-0.1, -0.05) is 12.1 Å². The van der Waals surface area contributed by atoms with Gasteiger partial charge >= 0.3 is 0 Å². The van der Waals surface area contributed by atoms with Gasteiger partial charge in [0.1, 0.15) is 0 Å². The molecule has 0 bridgehead atoms. The van der Waals surface area contributed by atoms with Crippen LogP contribution in [0.5, 0.6) is 0 Å². The fraction of sp³-hybridized carbons (Fsp3) is 0.471. The lowest BCUT2D eigenvalue weighted by Gasteiger charge is -2.21. The molecule has 1 unspecified atom stereocenters. The third kappa shape index (κ3) is 2.33. The highest BCUT2D eigenvalue weighted by molar-refractivity contribution is 5.94. The molecule has 0 fully saturated rings. The van der Waals surface area contributed by atoms with E-state index in [4.69, 9.17) is 0 Å². The standard InChI is InChI=1S/C17H22N2O2/c1-19(2)17(21)12(9-10-20)11-5-3-8-15-16(11)13-6-4-7-14(13)18-15/h3,5,8,12,18,20H,4,6-7,9-10H2,1-2H3. The summed E-state index contributed by atoms with van der Waals surface area (Å²) >= 11 is 0. The predicted octanol–water partition coefficient (Wildman–Crippen LogP) is 2.21. The first kappa shape index (κ1) is 14.1. The Morgan fingerprint density at radius 1 is 1.38 bits per heavy atom. The molecule has 1 aromatic carbocycles. The van der Waals surface area contributed by atoms with Crippen molar-refractivity contribution in [3.63, 3.8) is 0 Å². The van der Waals surface area contributed by atoms with Crippen molar-refractivity contribution in [3.05, 3.63) is 35.0 Å². The number of aromatic nitrogens is 1. The number of carbonyl (C=O) groups excluding carboxylic acids is 1. The number of aliphatic hydroxyl groups is 1. The quantitative estimate of drug-likeness (QED) is 0.905. The summed E-state index contributed by atoms with van der Waals surface area (Å²) < 4.78 is 0. The van der Waals surface area contributed by atoms with E-state index in [2.05, 4.69) is 11.1 Å². The molecule has 1 aliphatic carbocycles. The Bertz CT molecular complexity index is 673. The maximum atomic E-state index is 12.5. The zero-order valence-corrected chi connectivity index (χ0v) is 12.6. The van der Waals surface area contributed by atoms with Crippen molar-refractivity contribution >= 4 is 16.8 Å². The lowest BCUT2D eigenvalue weighted by Crippen LogP contribution is -2.29.